The second kappa shape index (κ2) is 7.04. The van der Waals surface area contributed by atoms with Crippen molar-refractivity contribution < 1.29 is 9.72 Å². The topological polar surface area (TPSA) is 125 Å². The number of carbonyl (C=O) groups is 1. The van der Waals surface area contributed by atoms with Crippen molar-refractivity contribution in [3.63, 3.8) is 0 Å². The zero-order valence-electron chi connectivity index (χ0n) is 14.2. The summed E-state index contributed by atoms with van der Waals surface area (Å²) < 4.78 is 3.02. The van der Waals surface area contributed by atoms with Crippen LogP contribution in [0, 0.1) is 10.1 Å². The van der Waals surface area contributed by atoms with E-state index in [1.807, 2.05) is 0 Å². The third-order valence-corrected chi connectivity index (χ3v) is 5.03. The van der Waals surface area contributed by atoms with Gasteiger partial charge in [-0.05, 0) is 29.7 Å². The minimum Gasteiger partial charge on any atom is -0.331 e. The van der Waals surface area contributed by atoms with Gasteiger partial charge in [-0.25, -0.2) is 9.48 Å². The van der Waals surface area contributed by atoms with Crippen LogP contribution < -0.4 is 10.9 Å². The molecule has 0 atom stereocenters. The minimum atomic E-state index is -0.577. The van der Waals surface area contributed by atoms with Gasteiger partial charge in [0.25, 0.3) is 11.2 Å². The number of nitrogens with zero attached hydrogens (tertiary/aromatic N) is 5. The lowest BCUT2D eigenvalue weighted by atomic mass is 10.3. The van der Waals surface area contributed by atoms with Crippen molar-refractivity contribution in [1.82, 2.24) is 24.3 Å². The number of carbonyl (C=O) groups excluding carboxylic acids is 1. The number of fused-ring (bicyclic) bond motifs is 1. The van der Waals surface area contributed by atoms with Crippen LogP contribution in [0.2, 0.25) is 0 Å². The van der Waals surface area contributed by atoms with Crippen molar-refractivity contribution in [1.29, 1.82) is 0 Å². The van der Waals surface area contributed by atoms with Crippen molar-refractivity contribution in [3.05, 3.63) is 80.9 Å². The van der Waals surface area contributed by atoms with Crippen molar-refractivity contribution in [3.8, 4) is 5.69 Å². The van der Waals surface area contributed by atoms with E-state index in [-0.39, 0.29) is 23.5 Å². The van der Waals surface area contributed by atoms with Gasteiger partial charge in [0.15, 0.2) is 0 Å². The quantitative estimate of drug-likeness (QED) is 0.417. The van der Waals surface area contributed by atoms with E-state index < -0.39 is 11.0 Å². The number of para-hydroxylation sites is 2. The molecule has 140 valence electrons. The van der Waals surface area contributed by atoms with Gasteiger partial charge in [-0.15, -0.1) is 5.10 Å². The first-order chi connectivity index (χ1) is 13.5. The summed E-state index contributed by atoms with van der Waals surface area (Å²) in [7, 11) is 0. The van der Waals surface area contributed by atoms with Crippen LogP contribution in [0.1, 0.15) is 5.69 Å². The monoisotopic (exact) mass is 396 g/mol. The van der Waals surface area contributed by atoms with Crippen LogP contribution in [0.4, 0.5) is 10.5 Å². The summed E-state index contributed by atoms with van der Waals surface area (Å²) in [5.74, 6) is 0. The first-order valence-corrected chi connectivity index (χ1v) is 8.86. The van der Waals surface area contributed by atoms with E-state index in [1.54, 1.807) is 42.5 Å². The maximum Gasteiger partial charge on any atom is 0.338 e. The molecule has 0 aliphatic rings. The van der Waals surface area contributed by atoms with Gasteiger partial charge in [0.2, 0.25) is 0 Å². The molecule has 2 heterocycles. The molecule has 0 aliphatic heterocycles. The second-order valence-corrected chi connectivity index (χ2v) is 6.73. The summed E-state index contributed by atoms with van der Waals surface area (Å²) in [5, 5.41) is 22.0. The van der Waals surface area contributed by atoms with Gasteiger partial charge >= 0.3 is 6.03 Å². The Balaban J connectivity index is 1.52. The molecular weight excluding hydrogens is 384 g/mol. The highest BCUT2D eigenvalue weighted by Crippen LogP contribution is 2.21. The number of rotatable bonds is 4. The molecule has 4 aromatic rings. The maximum absolute atomic E-state index is 12.3. The summed E-state index contributed by atoms with van der Waals surface area (Å²) in [6.07, 6.45) is 1.48. The molecule has 0 fully saturated rings. The van der Waals surface area contributed by atoms with Gasteiger partial charge in [0.1, 0.15) is 11.4 Å². The molecule has 0 unspecified atom stereocenters. The van der Waals surface area contributed by atoms with Crippen LogP contribution in [0.5, 0.6) is 0 Å². The number of hydrogen-bond acceptors (Lipinski definition) is 7. The Bertz CT molecular complexity index is 1260. The number of hydrogen-bond donors (Lipinski definition) is 1. The van der Waals surface area contributed by atoms with Gasteiger partial charge in [-0.3, -0.25) is 14.9 Å². The standard InChI is InChI=1S/C17H12N6O4S/c24-16-12-5-1-4-8-15(12)28-22(16)17(25)18-9-11-10-21(20-19-11)13-6-2-3-7-14(13)23(26)27/h1-8,10H,9H2,(H,18,25). The van der Waals surface area contributed by atoms with E-state index >= 15 is 0 Å². The van der Waals surface area contributed by atoms with Gasteiger partial charge in [0.05, 0.1) is 27.8 Å². The molecule has 1 N–H and O–H groups in total. The zero-order valence-corrected chi connectivity index (χ0v) is 15.0. The predicted molar refractivity (Wildman–Crippen MR) is 102 cm³/mol. The molecule has 11 heteroatoms. The van der Waals surface area contributed by atoms with Gasteiger partial charge in [-0.2, -0.15) is 3.96 Å². The number of nitro benzene ring substituents is 1. The molecule has 2 aromatic heterocycles. The van der Waals surface area contributed by atoms with Gasteiger partial charge in [-0.1, -0.05) is 29.5 Å². The van der Waals surface area contributed by atoms with Crippen molar-refractivity contribution in [2.24, 2.45) is 0 Å². The van der Waals surface area contributed by atoms with Crippen molar-refractivity contribution >= 4 is 33.3 Å². The fourth-order valence-electron chi connectivity index (χ4n) is 2.65. The molecule has 10 nitrogen and oxygen atoms in total. The minimum absolute atomic E-state index is 0.0140. The first-order valence-electron chi connectivity index (χ1n) is 8.09. The predicted octanol–water partition coefficient (Wildman–Crippen LogP) is 2.31. The van der Waals surface area contributed by atoms with Gasteiger partial charge < -0.3 is 5.32 Å². The van der Waals surface area contributed by atoms with E-state index in [9.17, 15) is 19.7 Å². The van der Waals surface area contributed by atoms with E-state index in [0.29, 0.717) is 15.8 Å². The molecule has 0 saturated heterocycles. The number of nitro groups is 1. The molecule has 4 rings (SSSR count). The summed E-state index contributed by atoms with van der Waals surface area (Å²) in [6, 6.07) is 12.5. The van der Waals surface area contributed by atoms with Crippen LogP contribution >= 0.6 is 11.5 Å². The number of benzene rings is 2. The van der Waals surface area contributed by atoms with Crippen molar-refractivity contribution in [2.75, 3.05) is 0 Å². The average molecular weight is 396 g/mol. The summed E-state index contributed by atoms with van der Waals surface area (Å²) in [6.45, 7) is 0.0140. The molecule has 0 spiro atoms. The molecule has 0 saturated carbocycles. The van der Waals surface area contributed by atoms with Crippen LogP contribution in [0.15, 0.2) is 59.5 Å². The normalized spacial score (nSPS) is 10.9. The third kappa shape index (κ3) is 3.14. The van der Waals surface area contributed by atoms with E-state index in [1.165, 1.54) is 16.9 Å². The highest BCUT2D eigenvalue weighted by molar-refractivity contribution is 7.14. The molecular formula is C17H12N6O4S. The fourth-order valence-corrected chi connectivity index (χ4v) is 3.57. The average Bonchev–Trinajstić information content (AvgIpc) is 3.31. The third-order valence-electron chi connectivity index (χ3n) is 3.96. The lowest BCUT2D eigenvalue weighted by molar-refractivity contribution is -0.384. The van der Waals surface area contributed by atoms with Crippen LogP contribution in [0.25, 0.3) is 15.8 Å². The van der Waals surface area contributed by atoms with Crippen molar-refractivity contribution in [2.45, 2.75) is 6.54 Å². The lowest BCUT2D eigenvalue weighted by Crippen LogP contribution is -2.32. The Kier molecular flexibility index (Phi) is 4.41. The lowest BCUT2D eigenvalue weighted by Gasteiger charge is -2.02. The number of amides is 1. The van der Waals surface area contributed by atoms with E-state index in [4.69, 9.17) is 0 Å². The second-order valence-electron chi connectivity index (χ2n) is 5.75. The van der Waals surface area contributed by atoms with E-state index in [0.717, 1.165) is 15.5 Å². The largest absolute Gasteiger partial charge is 0.338 e. The number of nitrogens with one attached hydrogen (secondary N) is 1. The SMILES string of the molecule is O=C(NCc1cn(-c2ccccc2[N+](=O)[O-])nn1)n1sc2ccccc2c1=O. The molecule has 1 amide bonds. The maximum atomic E-state index is 12.3. The molecule has 2 aromatic carbocycles. The van der Waals surface area contributed by atoms with Crippen LogP contribution in [-0.2, 0) is 6.54 Å². The summed E-state index contributed by atoms with van der Waals surface area (Å²) in [4.78, 5) is 35.3. The first kappa shape index (κ1) is 17.5. The fraction of sp³-hybridized carbons (Fsp3) is 0.0588. The summed E-state index contributed by atoms with van der Waals surface area (Å²) >= 11 is 1.05. The van der Waals surface area contributed by atoms with Crippen LogP contribution in [0.3, 0.4) is 0 Å². The Hall–Kier alpha value is -3.86. The Morgan fingerprint density at radius 3 is 2.71 bits per heavy atom. The molecule has 0 radical (unpaired) electrons. The smallest absolute Gasteiger partial charge is 0.331 e. The molecule has 0 bridgehead atoms. The van der Waals surface area contributed by atoms with E-state index in [2.05, 4.69) is 15.6 Å². The zero-order chi connectivity index (χ0) is 19.7. The van der Waals surface area contributed by atoms with Gasteiger partial charge in [0, 0.05) is 6.07 Å². The molecule has 0 aliphatic carbocycles. The highest BCUT2D eigenvalue weighted by Gasteiger charge is 2.17. The number of aromatic nitrogens is 4. The van der Waals surface area contributed by atoms with Crippen LogP contribution in [-0.4, -0.2) is 29.9 Å². The summed E-state index contributed by atoms with van der Waals surface area (Å²) in [5.41, 5.74) is 0.153. The Labute approximate surface area is 160 Å². The Morgan fingerprint density at radius 1 is 1.18 bits per heavy atom. The molecule has 28 heavy (non-hydrogen) atoms. The Morgan fingerprint density at radius 2 is 1.93 bits per heavy atom. The highest BCUT2D eigenvalue weighted by atomic mass is 32.1.